The molecule has 0 amide bonds. The van der Waals surface area contributed by atoms with Crippen LogP contribution in [0.15, 0.2) is 59.9 Å². The van der Waals surface area contributed by atoms with Gasteiger partial charge in [0.15, 0.2) is 5.16 Å². The van der Waals surface area contributed by atoms with Crippen LogP contribution >= 0.6 is 0 Å². The van der Waals surface area contributed by atoms with Crippen molar-refractivity contribution in [1.82, 2.24) is 15.0 Å². The summed E-state index contributed by atoms with van der Waals surface area (Å²) in [6, 6.07) is 15.5. The van der Waals surface area contributed by atoms with Crippen molar-refractivity contribution in [2.45, 2.75) is 10.9 Å². The second-order valence-electron chi connectivity index (χ2n) is 5.39. The van der Waals surface area contributed by atoms with Crippen molar-refractivity contribution in [2.24, 2.45) is 0 Å². The van der Waals surface area contributed by atoms with E-state index in [0.29, 0.717) is 10.9 Å². The van der Waals surface area contributed by atoms with Crippen molar-refractivity contribution in [1.29, 1.82) is 0 Å². The largest absolute Gasteiger partial charge is 0.497 e. The highest BCUT2D eigenvalue weighted by molar-refractivity contribution is 7.84. The van der Waals surface area contributed by atoms with Gasteiger partial charge in [0.25, 0.3) is 0 Å². The lowest BCUT2D eigenvalue weighted by Gasteiger charge is -2.04. The van der Waals surface area contributed by atoms with E-state index < -0.39 is 10.8 Å². The third-order valence-electron chi connectivity index (χ3n) is 3.91. The molecule has 1 N–H and O–H groups in total. The van der Waals surface area contributed by atoms with Crippen LogP contribution in [0.25, 0.3) is 21.8 Å². The van der Waals surface area contributed by atoms with Gasteiger partial charge >= 0.3 is 0 Å². The second kappa shape index (κ2) is 6.05. The first kappa shape index (κ1) is 14.8. The molecular formula is C18H15N3O2S. The third-order valence-corrected chi connectivity index (χ3v) is 5.07. The molecule has 0 saturated carbocycles. The Balaban J connectivity index is 1.68. The summed E-state index contributed by atoms with van der Waals surface area (Å²) in [5.74, 6) is 1.05. The van der Waals surface area contributed by atoms with Crippen LogP contribution in [0.4, 0.5) is 0 Å². The van der Waals surface area contributed by atoms with Crippen LogP contribution < -0.4 is 4.74 Å². The smallest absolute Gasteiger partial charge is 0.197 e. The van der Waals surface area contributed by atoms with Gasteiger partial charge in [0, 0.05) is 17.6 Å². The first-order chi connectivity index (χ1) is 11.7. The van der Waals surface area contributed by atoms with E-state index in [-0.39, 0.29) is 0 Å². The topological polar surface area (TPSA) is 67.9 Å². The molecule has 0 spiro atoms. The summed E-state index contributed by atoms with van der Waals surface area (Å²) in [4.78, 5) is 11.9. The molecule has 2 aromatic heterocycles. The molecular weight excluding hydrogens is 322 g/mol. The van der Waals surface area contributed by atoms with E-state index in [9.17, 15) is 4.21 Å². The first-order valence-corrected chi connectivity index (χ1v) is 8.81. The molecule has 120 valence electrons. The first-order valence-electron chi connectivity index (χ1n) is 7.49. The lowest BCUT2D eigenvalue weighted by atomic mass is 10.1. The number of fused-ring (bicyclic) bond motifs is 2. The van der Waals surface area contributed by atoms with Crippen molar-refractivity contribution in [3.63, 3.8) is 0 Å². The van der Waals surface area contributed by atoms with Gasteiger partial charge in [0.05, 0.1) is 40.4 Å². The quantitative estimate of drug-likeness (QED) is 0.619. The number of imidazole rings is 1. The van der Waals surface area contributed by atoms with Gasteiger partial charge in [-0.2, -0.15) is 0 Å². The van der Waals surface area contributed by atoms with Gasteiger partial charge < -0.3 is 9.72 Å². The van der Waals surface area contributed by atoms with Crippen LogP contribution in [0.3, 0.4) is 0 Å². The van der Waals surface area contributed by atoms with E-state index in [1.165, 1.54) is 0 Å². The number of hydrogen-bond acceptors (Lipinski definition) is 4. The highest BCUT2D eigenvalue weighted by Gasteiger charge is 2.13. The minimum absolute atomic E-state index is 0.318. The maximum Gasteiger partial charge on any atom is 0.197 e. The van der Waals surface area contributed by atoms with Crippen molar-refractivity contribution in [3.8, 4) is 5.75 Å². The Morgan fingerprint density at radius 3 is 2.92 bits per heavy atom. The summed E-state index contributed by atoms with van der Waals surface area (Å²) in [7, 11) is 0.312. The average Bonchev–Trinajstić information content (AvgIpc) is 3.05. The molecule has 5 nitrogen and oxygen atoms in total. The fraction of sp³-hybridized carbons (Fsp3) is 0.111. The fourth-order valence-corrected chi connectivity index (χ4v) is 3.73. The molecule has 2 heterocycles. The monoisotopic (exact) mass is 337 g/mol. The van der Waals surface area contributed by atoms with Crippen molar-refractivity contribution in [3.05, 3.63) is 60.4 Å². The minimum atomic E-state index is -1.30. The molecule has 0 fully saturated rings. The Bertz CT molecular complexity index is 1050. The van der Waals surface area contributed by atoms with Crippen molar-refractivity contribution < 1.29 is 8.95 Å². The Morgan fingerprint density at radius 1 is 1.17 bits per heavy atom. The number of rotatable bonds is 4. The van der Waals surface area contributed by atoms with Gasteiger partial charge in [-0.3, -0.25) is 9.19 Å². The number of ether oxygens (including phenoxy) is 1. The van der Waals surface area contributed by atoms with E-state index in [1.807, 2.05) is 48.5 Å². The highest BCUT2D eigenvalue weighted by atomic mass is 32.2. The number of nitrogens with one attached hydrogen (secondary N) is 1. The van der Waals surface area contributed by atoms with Crippen LogP contribution in [0, 0.1) is 0 Å². The van der Waals surface area contributed by atoms with Gasteiger partial charge in [-0.25, -0.2) is 4.98 Å². The molecule has 0 aliphatic carbocycles. The van der Waals surface area contributed by atoms with Gasteiger partial charge in [-0.15, -0.1) is 0 Å². The summed E-state index contributed by atoms with van der Waals surface area (Å²) in [5, 5.41) is 2.56. The summed E-state index contributed by atoms with van der Waals surface area (Å²) < 4.78 is 17.9. The summed E-state index contributed by atoms with van der Waals surface area (Å²) in [6.07, 6.45) is 1.75. The molecule has 0 saturated heterocycles. The highest BCUT2D eigenvalue weighted by Crippen LogP contribution is 2.22. The molecule has 24 heavy (non-hydrogen) atoms. The molecule has 6 heteroatoms. The van der Waals surface area contributed by atoms with E-state index in [0.717, 1.165) is 33.2 Å². The van der Waals surface area contributed by atoms with E-state index in [1.54, 1.807) is 13.3 Å². The van der Waals surface area contributed by atoms with Crippen molar-refractivity contribution >= 4 is 32.6 Å². The molecule has 1 atom stereocenters. The molecule has 0 bridgehead atoms. The third kappa shape index (κ3) is 2.65. The van der Waals surface area contributed by atoms with Gasteiger partial charge in [0.1, 0.15) is 5.75 Å². The molecule has 4 rings (SSSR count). The zero-order valence-electron chi connectivity index (χ0n) is 13.0. The summed E-state index contributed by atoms with van der Waals surface area (Å²) in [6.45, 7) is 0. The number of aromatic amines is 1. The number of H-pyrrole nitrogens is 1. The van der Waals surface area contributed by atoms with Crippen LogP contribution in [0.5, 0.6) is 5.75 Å². The number of methoxy groups -OCH3 is 1. The Morgan fingerprint density at radius 2 is 2.04 bits per heavy atom. The molecule has 2 aromatic carbocycles. The molecule has 1 unspecified atom stereocenters. The zero-order valence-corrected chi connectivity index (χ0v) is 13.8. The van der Waals surface area contributed by atoms with Crippen LogP contribution in [0.1, 0.15) is 5.69 Å². The second-order valence-corrected chi connectivity index (χ2v) is 6.76. The normalized spacial score (nSPS) is 12.5. The Hall–Kier alpha value is -2.73. The van der Waals surface area contributed by atoms with Crippen LogP contribution in [-0.2, 0) is 16.6 Å². The van der Waals surface area contributed by atoms with E-state index >= 15 is 0 Å². The summed E-state index contributed by atoms with van der Waals surface area (Å²) in [5.41, 5.74) is 2.39. The maximum atomic E-state index is 12.7. The SMILES string of the molecule is COc1ccc2nc(S(=O)Cc3nccc4ccccc34)[nH]c2c1. The molecule has 0 radical (unpaired) electrons. The molecule has 0 aliphatic heterocycles. The Kier molecular flexibility index (Phi) is 3.74. The fourth-order valence-electron chi connectivity index (χ4n) is 2.69. The predicted octanol–water partition coefficient (Wildman–Crippen LogP) is 3.43. The number of pyridine rings is 1. The standard InChI is InChI=1S/C18H15N3O2S/c1-23-13-6-7-15-16(10-13)21-18(20-15)24(22)11-17-14-5-3-2-4-12(14)8-9-19-17/h2-10H,11H2,1H3,(H,20,21). The van der Waals surface area contributed by atoms with E-state index in [2.05, 4.69) is 15.0 Å². The average molecular weight is 337 g/mol. The van der Waals surface area contributed by atoms with Crippen LogP contribution in [-0.4, -0.2) is 26.3 Å². The molecule has 4 aromatic rings. The van der Waals surface area contributed by atoms with E-state index in [4.69, 9.17) is 4.74 Å². The van der Waals surface area contributed by atoms with Crippen LogP contribution in [0.2, 0.25) is 0 Å². The van der Waals surface area contributed by atoms with Gasteiger partial charge in [0.2, 0.25) is 0 Å². The zero-order chi connectivity index (χ0) is 16.5. The number of benzene rings is 2. The van der Waals surface area contributed by atoms with Gasteiger partial charge in [-0.1, -0.05) is 24.3 Å². The lowest BCUT2D eigenvalue weighted by Crippen LogP contribution is -2.01. The number of hydrogen-bond donors (Lipinski definition) is 1. The molecule has 0 aliphatic rings. The maximum absolute atomic E-state index is 12.7. The number of nitrogens with zero attached hydrogens (tertiary/aromatic N) is 2. The summed E-state index contributed by atoms with van der Waals surface area (Å²) >= 11 is 0. The predicted molar refractivity (Wildman–Crippen MR) is 94.5 cm³/mol. The lowest BCUT2D eigenvalue weighted by molar-refractivity contribution is 0.415. The number of aromatic nitrogens is 3. The van der Waals surface area contributed by atoms with Crippen molar-refractivity contribution in [2.75, 3.05) is 7.11 Å². The Labute approximate surface area is 141 Å². The minimum Gasteiger partial charge on any atom is -0.497 e. The van der Waals surface area contributed by atoms with Gasteiger partial charge in [-0.05, 0) is 23.6 Å².